The van der Waals surface area contributed by atoms with Gasteiger partial charge in [-0.3, -0.25) is 0 Å². The van der Waals surface area contributed by atoms with Gasteiger partial charge in [0.25, 0.3) is 20.0 Å². The summed E-state index contributed by atoms with van der Waals surface area (Å²) in [6.07, 6.45) is 8.30. The Labute approximate surface area is 110 Å². The van der Waals surface area contributed by atoms with Crippen LogP contribution in [0.3, 0.4) is 0 Å². The van der Waals surface area contributed by atoms with Gasteiger partial charge in [0.15, 0.2) is 9.04 Å². The monoisotopic (exact) mass is 296 g/mol. The first-order chi connectivity index (χ1) is 7.81. The number of rotatable bonds is 12. The van der Waals surface area contributed by atoms with E-state index in [0.29, 0.717) is 0 Å². The molecule has 0 aromatic carbocycles. The van der Waals surface area contributed by atoms with E-state index in [1.54, 1.807) is 0 Å². The molecule has 0 saturated carbocycles. The highest BCUT2D eigenvalue weighted by atomic mass is 28.4. The van der Waals surface area contributed by atoms with Crippen LogP contribution in [0.1, 0.15) is 45.4 Å². The van der Waals surface area contributed by atoms with Crippen LogP contribution in [0.2, 0.25) is 12.6 Å². The molecule has 1 atom stereocenters. The maximum atomic E-state index is 5.80. The van der Waals surface area contributed by atoms with E-state index in [9.17, 15) is 0 Å². The fraction of sp³-hybridized carbons (Fsp3) is 1.00. The van der Waals surface area contributed by atoms with Gasteiger partial charge in [0.2, 0.25) is 0 Å². The first kappa shape index (κ1) is 16.7. The van der Waals surface area contributed by atoms with Crippen molar-refractivity contribution in [1.82, 2.24) is 0 Å². The fourth-order valence-electron chi connectivity index (χ4n) is 1.58. The predicted molar refractivity (Wildman–Crippen MR) is 81.5 cm³/mol. The van der Waals surface area contributed by atoms with Crippen molar-refractivity contribution in [2.45, 2.75) is 58.0 Å². The molecule has 0 aliphatic rings. The van der Waals surface area contributed by atoms with Gasteiger partial charge < -0.3 is 12.3 Å². The number of hydrogen-bond donors (Lipinski definition) is 0. The lowest BCUT2D eigenvalue weighted by molar-refractivity contribution is 0.431. The van der Waals surface area contributed by atoms with Gasteiger partial charge in [0.05, 0.1) is 0 Å². The normalized spacial score (nSPS) is 14.6. The van der Waals surface area contributed by atoms with Gasteiger partial charge in [-0.25, -0.2) is 0 Å². The summed E-state index contributed by atoms with van der Waals surface area (Å²) in [5.41, 5.74) is 0. The van der Waals surface area contributed by atoms with Crippen molar-refractivity contribution in [1.29, 1.82) is 0 Å². The summed E-state index contributed by atoms with van der Waals surface area (Å²) in [4.78, 5) is 0. The zero-order valence-corrected chi connectivity index (χ0v) is 17.1. The Bertz CT molecular complexity index is 140. The van der Waals surface area contributed by atoms with Crippen LogP contribution in [0.5, 0.6) is 0 Å². The van der Waals surface area contributed by atoms with E-state index in [-0.39, 0.29) is 0 Å². The van der Waals surface area contributed by atoms with Gasteiger partial charge in [-0.2, -0.15) is 0 Å². The highest BCUT2D eigenvalue weighted by Gasteiger charge is 2.04. The summed E-state index contributed by atoms with van der Waals surface area (Å²) >= 11 is 0. The van der Waals surface area contributed by atoms with Crippen molar-refractivity contribution in [3.63, 3.8) is 0 Å². The van der Waals surface area contributed by atoms with E-state index in [1.807, 2.05) is 0 Å². The molecule has 98 valence electrons. The smallest absolute Gasteiger partial charge is 0.284 e. The van der Waals surface area contributed by atoms with Gasteiger partial charge in [-0.15, -0.1) is 0 Å². The van der Waals surface area contributed by atoms with Crippen LogP contribution in [0.25, 0.3) is 0 Å². The molecule has 7 heteroatoms. The first-order valence-electron chi connectivity index (χ1n) is 6.49. The molecule has 0 N–H and O–H groups in total. The van der Waals surface area contributed by atoms with Crippen molar-refractivity contribution >= 4 is 39.5 Å². The van der Waals surface area contributed by atoms with E-state index >= 15 is 0 Å². The Morgan fingerprint density at radius 2 is 1.75 bits per heavy atom. The first-order valence-corrected chi connectivity index (χ1v) is 12.1. The minimum atomic E-state index is -0.889. The molecule has 0 aliphatic heterocycles. The summed E-state index contributed by atoms with van der Waals surface area (Å²) in [6.45, 7) is 4.56. The molecule has 0 heterocycles. The van der Waals surface area contributed by atoms with Gasteiger partial charge in [0.1, 0.15) is 10.5 Å². The molecule has 0 amide bonds. The van der Waals surface area contributed by atoms with Crippen LogP contribution in [0.4, 0.5) is 0 Å². The second-order valence-corrected chi connectivity index (χ2v) is 12.2. The van der Waals surface area contributed by atoms with E-state index in [4.69, 9.17) is 12.3 Å². The lowest BCUT2D eigenvalue weighted by Crippen LogP contribution is -2.20. The molecule has 0 aromatic heterocycles. The molecular weight excluding hydrogens is 268 g/mol. The largest absolute Gasteiger partial charge is 0.449 e. The van der Waals surface area contributed by atoms with Gasteiger partial charge in [0, 0.05) is 0 Å². The average Bonchev–Trinajstić information content (AvgIpc) is 2.29. The van der Waals surface area contributed by atoms with Crippen LogP contribution in [0, 0.1) is 0 Å². The third-order valence-corrected chi connectivity index (χ3v) is 8.92. The molecule has 0 aromatic rings. The molecule has 1 unspecified atom stereocenters. The van der Waals surface area contributed by atoms with Crippen molar-refractivity contribution in [3.05, 3.63) is 0 Å². The van der Waals surface area contributed by atoms with E-state index in [1.165, 1.54) is 44.6 Å². The number of hydrogen-bond acceptors (Lipinski definition) is 3. The summed E-state index contributed by atoms with van der Waals surface area (Å²) in [6, 6.07) is 1.33. The van der Waals surface area contributed by atoms with Crippen molar-refractivity contribution in [2.75, 3.05) is 0 Å². The van der Waals surface area contributed by atoms with Crippen molar-refractivity contribution in [3.8, 4) is 0 Å². The minimum Gasteiger partial charge on any atom is -0.449 e. The summed E-state index contributed by atoms with van der Waals surface area (Å²) in [5, 5.41) is 0. The van der Waals surface area contributed by atoms with Crippen molar-refractivity contribution in [2.24, 2.45) is 0 Å². The molecule has 0 spiro atoms. The van der Waals surface area contributed by atoms with Crippen LogP contribution >= 0.6 is 0 Å². The van der Waals surface area contributed by atoms with Crippen LogP contribution in [-0.4, -0.2) is 39.5 Å². The molecule has 0 saturated heterocycles. The Hall–Kier alpha value is 0.748. The fourth-order valence-corrected chi connectivity index (χ4v) is 7.73. The standard InChI is InChI=1S/C9H28O3Si4/c1-3-4-5-6-7-8-9-16(2)12-15-11-14-10-13/h16H,3-9,14-15H2,1-2,13H3. The van der Waals surface area contributed by atoms with Gasteiger partial charge in [-0.1, -0.05) is 45.4 Å². The maximum Gasteiger partial charge on any atom is 0.284 e. The van der Waals surface area contributed by atoms with E-state index < -0.39 is 29.1 Å². The second-order valence-electron chi connectivity index (χ2n) is 4.26. The number of unbranched alkanes of at least 4 members (excludes halogenated alkanes) is 5. The molecule has 16 heavy (non-hydrogen) atoms. The maximum absolute atomic E-state index is 5.80. The van der Waals surface area contributed by atoms with E-state index in [2.05, 4.69) is 13.5 Å². The lowest BCUT2D eigenvalue weighted by atomic mass is 10.1. The lowest BCUT2D eigenvalue weighted by Gasteiger charge is -2.11. The zero-order chi connectivity index (χ0) is 12.1. The summed E-state index contributed by atoms with van der Waals surface area (Å²) in [5.74, 6) is 0. The predicted octanol–water partition coefficient (Wildman–Crippen LogP) is 0.0283. The summed E-state index contributed by atoms with van der Waals surface area (Å²) in [7, 11) is -1.38. The third kappa shape index (κ3) is 12.8. The highest BCUT2D eigenvalue weighted by molar-refractivity contribution is 6.57. The minimum absolute atomic E-state index is 0.634. The van der Waals surface area contributed by atoms with Gasteiger partial charge in [-0.05, 0) is 12.6 Å². The quantitative estimate of drug-likeness (QED) is 0.376. The molecular formula is C9H28O3Si4. The van der Waals surface area contributed by atoms with Crippen molar-refractivity contribution < 1.29 is 12.3 Å². The highest BCUT2D eigenvalue weighted by Crippen LogP contribution is 2.09. The Morgan fingerprint density at radius 3 is 2.44 bits per heavy atom. The molecule has 0 fully saturated rings. The summed E-state index contributed by atoms with van der Waals surface area (Å²) < 4.78 is 16.3. The van der Waals surface area contributed by atoms with Crippen LogP contribution < -0.4 is 0 Å². The third-order valence-electron chi connectivity index (χ3n) is 2.60. The Morgan fingerprint density at radius 1 is 1.06 bits per heavy atom. The van der Waals surface area contributed by atoms with Crippen LogP contribution in [-0.2, 0) is 12.3 Å². The molecule has 0 aliphatic carbocycles. The van der Waals surface area contributed by atoms with Crippen LogP contribution in [0.15, 0.2) is 0 Å². The SMILES string of the molecule is CCCCCCCC[SiH](C)O[SiH2]O[SiH2]O[SiH3]. The van der Waals surface area contributed by atoms with E-state index in [0.717, 1.165) is 10.5 Å². The topological polar surface area (TPSA) is 27.7 Å². The molecule has 0 rings (SSSR count). The molecule has 0 bridgehead atoms. The Balaban J connectivity index is 3.08. The molecule has 0 radical (unpaired) electrons. The Kier molecular flexibility index (Phi) is 14.5. The molecule has 3 nitrogen and oxygen atoms in total. The zero-order valence-electron chi connectivity index (χ0n) is 11.2. The average molecular weight is 297 g/mol. The van der Waals surface area contributed by atoms with Gasteiger partial charge >= 0.3 is 0 Å². The second kappa shape index (κ2) is 13.8.